The van der Waals surface area contributed by atoms with Crippen molar-refractivity contribution >= 4 is 23.1 Å². The van der Waals surface area contributed by atoms with Crippen molar-refractivity contribution in [1.82, 2.24) is 0 Å². The van der Waals surface area contributed by atoms with E-state index >= 15 is 0 Å². The number of rotatable bonds is 1. The predicted octanol–water partition coefficient (Wildman–Crippen LogP) is -2.43. The number of benzene rings is 1. The van der Waals surface area contributed by atoms with Gasteiger partial charge < -0.3 is 18.1 Å². The van der Waals surface area contributed by atoms with E-state index in [4.69, 9.17) is 5.73 Å². The monoisotopic (exact) mass is 165 g/mol. The van der Waals surface area contributed by atoms with Crippen molar-refractivity contribution in [2.24, 2.45) is 5.73 Å². The van der Waals surface area contributed by atoms with Crippen LogP contribution in [0.15, 0.2) is 24.3 Å². The first-order valence-electron chi connectivity index (χ1n) is 2.59. The smallest absolute Gasteiger partial charge is 1.00 e. The average Bonchev–Trinajstić information content (AvgIpc) is 1.90. The SMILES string of the molecule is NCc1[c-]cccc1.[Cl-].[Mg+2]. The minimum Gasteiger partial charge on any atom is -1.00 e. The minimum atomic E-state index is 0. The fraction of sp³-hybridized carbons (Fsp3) is 0.143. The number of nitrogens with two attached hydrogens (primary N) is 1. The summed E-state index contributed by atoms with van der Waals surface area (Å²) in [5, 5.41) is 0. The maximum absolute atomic E-state index is 5.32. The standard InChI is InChI=1S/C7H8N.ClH.Mg/c8-6-7-4-2-1-3-5-7;;/h1-4H,6,8H2;1H;/q-1;;+2/p-1. The molecule has 0 aliphatic carbocycles. The molecule has 0 atom stereocenters. The van der Waals surface area contributed by atoms with Crippen LogP contribution in [-0.2, 0) is 6.54 Å². The molecule has 0 amide bonds. The Bertz CT molecular complexity index is 155. The molecule has 0 fully saturated rings. The van der Waals surface area contributed by atoms with Crippen molar-refractivity contribution in [3.8, 4) is 0 Å². The molecule has 1 aromatic rings. The third-order valence-corrected chi connectivity index (χ3v) is 0.993. The molecular weight excluding hydrogens is 158 g/mol. The molecule has 2 N–H and O–H groups in total. The summed E-state index contributed by atoms with van der Waals surface area (Å²) in [5.41, 5.74) is 6.38. The molecule has 1 nitrogen and oxygen atoms in total. The fourth-order valence-electron chi connectivity index (χ4n) is 0.557. The Balaban J connectivity index is 0. The quantitative estimate of drug-likeness (QED) is 0.364. The van der Waals surface area contributed by atoms with Crippen molar-refractivity contribution in [3.05, 3.63) is 35.9 Å². The molecule has 0 aliphatic heterocycles. The van der Waals surface area contributed by atoms with E-state index in [1.165, 1.54) is 0 Å². The Morgan fingerprint density at radius 3 is 2.40 bits per heavy atom. The predicted molar refractivity (Wildman–Crippen MR) is 38.9 cm³/mol. The van der Waals surface area contributed by atoms with Gasteiger partial charge in [-0.25, -0.2) is 0 Å². The molecule has 0 unspecified atom stereocenters. The van der Waals surface area contributed by atoms with Gasteiger partial charge in [0.05, 0.1) is 0 Å². The largest absolute Gasteiger partial charge is 2.00 e. The summed E-state index contributed by atoms with van der Waals surface area (Å²) in [6.07, 6.45) is 0. The van der Waals surface area contributed by atoms with Crippen LogP contribution >= 0.6 is 0 Å². The van der Waals surface area contributed by atoms with Gasteiger partial charge in [0.25, 0.3) is 0 Å². The Morgan fingerprint density at radius 1 is 1.40 bits per heavy atom. The Labute approximate surface area is 83.6 Å². The van der Waals surface area contributed by atoms with Crippen molar-refractivity contribution < 1.29 is 12.4 Å². The fourth-order valence-corrected chi connectivity index (χ4v) is 0.557. The van der Waals surface area contributed by atoms with E-state index in [-0.39, 0.29) is 35.5 Å². The summed E-state index contributed by atoms with van der Waals surface area (Å²) >= 11 is 0. The first-order valence-corrected chi connectivity index (χ1v) is 2.59. The Kier molecular flexibility index (Phi) is 9.45. The maximum atomic E-state index is 5.32. The molecule has 0 spiro atoms. The molecule has 0 saturated heterocycles. The maximum Gasteiger partial charge on any atom is 2.00 e. The van der Waals surface area contributed by atoms with Crippen molar-refractivity contribution in [2.75, 3.05) is 0 Å². The third kappa shape index (κ3) is 4.12. The third-order valence-electron chi connectivity index (χ3n) is 0.993. The summed E-state index contributed by atoms with van der Waals surface area (Å²) in [6.45, 7) is 0.584. The second-order valence-electron chi connectivity index (χ2n) is 1.59. The van der Waals surface area contributed by atoms with Crippen molar-refractivity contribution in [2.45, 2.75) is 6.54 Å². The van der Waals surface area contributed by atoms with Crippen LogP contribution < -0.4 is 18.1 Å². The normalized spacial score (nSPS) is 7.30. The summed E-state index contributed by atoms with van der Waals surface area (Å²) in [6, 6.07) is 10.7. The van der Waals surface area contributed by atoms with E-state index < -0.39 is 0 Å². The van der Waals surface area contributed by atoms with Gasteiger partial charge in [-0.15, -0.1) is 5.56 Å². The van der Waals surface area contributed by atoms with Gasteiger partial charge in [-0.05, 0) is 6.54 Å². The summed E-state index contributed by atoms with van der Waals surface area (Å²) < 4.78 is 0. The average molecular weight is 166 g/mol. The molecule has 10 heavy (non-hydrogen) atoms. The van der Waals surface area contributed by atoms with Gasteiger partial charge in [0, 0.05) is 0 Å². The van der Waals surface area contributed by atoms with E-state index in [1.807, 2.05) is 24.3 Å². The molecule has 0 saturated carbocycles. The zero-order valence-electron chi connectivity index (χ0n) is 5.68. The number of halogens is 1. The van der Waals surface area contributed by atoms with Crippen LogP contribution in [0.1, 0.15) is 5.56 Å². The van der Waals surface area contributed by atoms with E-state index in [2.05, 4.69) is 6.07 Å². The second kappa shape index (κ2) is 7.34. The van der Waals surface area contributed by atoms with Gasteiger partial charge in [-0.2, -0.15) is 30.3 Å². The minimum absolute atomic E-state index is 0. The molecule has 50 valence electrons. The van der Waals surface area contributed by atoms with Crippen LogP contribution in [0, 0.1) is 6.07 Å². The Morgan fingerprint density at radius 2 is 2.10 bits per heavy atom. The van der Waals surface area contributed by atoms with E-state index in [0.29, 0.717) is 6.54 Å². The van der Waals surface area contributed by atoms with Crippen LogP contribution in [0.5, 0.6) is 0 Å². The number of hydrogen-bond acceptors (Lipinski definition) is 1. The molecule has 1 aromatic carbocycles. The topological polar surface area (TPSA) is 26.0 Å². The van der Waals surface area contributed by atoms with Crippen molar-refractivity contribution in [3.63, 3.8) is 0 Å². The van der Waals surface area contributed by atoms with Crippen molar-refractivity contribution in [1.29, 1.82) is 0 Å². The number of hydrogen-bond donors (Lipinski definition) is 1. The van der Waals surface area contributed by atoms with Gasteiger partial charge in [0.15, 0.2) is 0 Å². The van der Waals surface area contributed by atoms with E-state index in [9.17, 15) is 0 Å². The molecule has 0 radical (unpaired) electrons. The van der Waals surface area contributed by atoms with Gasteiger partial charge in [0.2, 0.25) is 0 Å². The molecule has 0 heterocycles. The molecule has 0 bridgehead atoms. The van der Waals surface area contributed by atoms with E-state index in [0.717, 1.165) is 5.56 Å². The molecule has 0 aromatic heterocycles. The van der Waals surface area contributed by atoms with Crippen LogP contribution in [0.3, 0.4) is 0 Å². The summed E-state index contributed by atoms with van der Waals surface area (Å²) in [4.78, 5) is 0. The first kappa shape index (κ1) is 12.9. The van der Waals surface area contributed by atoms with Crippen LogP contribution in [0.4, 0.5) is 0 Å². The van der Waals surface area contributed by atoms with Gasteiger partial charge in [-0.1, -0.05) is 0 Å². The zero-order valence-corrected chi connectivity index (χ0v) is 7.85. The zero-order chi connectivity index (χ0) is 5.82. The van der Waals surface area contributed by atoms with Crippen LogP contribution in [0.25, 0.3) is 0 Å². The molecular formula is C7H8ClMgN. The van der Waals surface area contributed by atoms with Gasteiger partial charge >= 0.3 is 23.1 Å². The summed E-state index contributed by atoms with van der Waals surface area (Å²) in [7, 11) is 0. The second-order valence-corrected chi connectivity index (χ2v) is 1.59. The summed E-state index contributed by atoms with van der Waals surface area (Å²) in [5.74, 6) is 0. The molecule has 3 heteroatoms. The van der Waals surface area contributed by atoms with E-state index in [1.54, 1.807) is 0 Å². The molecule has 0 aliphatic rings. The van der Waals surface area contributed by atoms with Crippen LogP contribution in [-0.4, -0.2) is 23.1 Å². The first-order chi connectivity index (χ1) is 3.93. The molecule has 1 rings (SSSR count). The van der Waals surface area contributed by atoms with Crippen LogP contribution in [0.2, 0.25) is 0 Å². The van der Waals surface area contributed by atoms with Gasteiger partial charge in [-0.3, -0.25) is 0 Å². The Hall–Kier alpha value is 0.236. The van der Waals surface area contributed by atoms with Gasteiger partial charge in [0.1, 0.15) is 0 Å².